The fourth-order valence-corrected chi connectivity index (χ4v) is 4.98. The molecule has 1 aromatic heterocycles. The van der Waals surface area contributed by atoms with Gasteiger partial charge in [0.25, 0.3) is 0 Å². The van der Waals surface area contributed by atoms with Crippen molar-refractivity contribution < 1.29 is 26.3 Å². The SMILES string of the molecule is CC(C)(C)c1ccc(C[n+]2ccn(CC(OCc3ccc(Cl)cc3Cl)c3ccc(Cl)cc3Cl)c2)cc1.[Br-]. The molecule has 0 saturated carbocycles. The first kappa shape index (κ1) is 30.0. The molecule has 4 aromatic rings. The quantitative estimate of drug-likeness (QED) is 0.226. The fraction of sp³-hybridized carbons (Fsp3) is 0.276. The molecule has 37 heavy (non-hydrogen) atoms. The van der Waals surface area contributed by atoms with Gasteiger partial charge in [0.2, 0.25) is 6.33 Å². The summed E-state index contributed by atoms with van der Waals surface area (Å²) in [6.07, 6.45) is 5.87. The molecule has 3 nitrogen and oxygen atoms in total. The highest BCUT2D eigenvalue weighted by Gasteiger charge is 2.21. The standard InChI is InChI=1S/C29H29Cl4N2O.BrH/c1-29(2,3)22-7-4-20(5-8-22)16-34-12-13-35(19-34)17-28(25-11-10-24(31)15-27(25)33)36-18-21-6-9-23(30)14-26(21)32;/h4-15,19,28H,16-18H2,1-3H3;1H/q+1;/p-1. The van der Waals surface area contributed by atoms with Crippen molar-refractivity contribution in [3.8, 4) is 0 Å². The monoisotopic (exact) mass is 640 g/mol. The zero-order chi connectivity index (χ0) is 25.9. The van der Waals surface area contributed by atoms with Gasteiger partial charge in [-0.15, -0.1) is 0 Å². The van der Waals surface area contributed by atoms with Crippen LogP contribution in [0.15, 0.2) is 79.4 Å². The van der Waals surface area contributed by atoms with E-state index in [2.05, 4.69) is 66.7 Å². The highest BCUT2D eigenvalue weighted by Crippen LogP contribution is 2.31. The number of halogens is 5. The van der Waals surface area contributed by atoms with Gasteiger partial charge in [-0.2, -0.15) is 0 Å². The summed E-state index contributed by atoms with van der Waals surface area (Å²) in [5, 5.41) is 2.30. The summed E-state index contributed by atoms with van der Waals surface area (Å²) in [7, 11) is 0. The summed E-state index contributed by atoms with van der Waals surface area (Å²) in [5.41, 5.74) is 4.44. The molecule has 4 rings (SSSR count). The molecule has 0 aliphatic heterocycles. The van der Waals surface area contributed by atoms with Crippen LogP contribution in [0.3, 0.4) is 0 Å². The van der Waals surface area contributed by atoms with E-state index in [9.17, 15) is 0 Å². The van der Waals surface area contributed by atoms with Gasteiger partial charge in [0, 0.05) is 25.7 Å². The maximum absolute atomic E-state index is 6.56. The normalized spacial score (nSPS) is 12.3. The number of imidazole rings is 1. The van der Waals surface area contributed by atoms with Crippen LogP contribution in [0, 0.1) is 0 Å². The molecule has 196 valence electrons. The van der Waals surface area contributed by atoms with Gasteiger partial charge in [0.1, 0.15) is 31.6 Å². The second kappa shape index (κ2) is 13.0. The Morgan fingerprint density at radius 1 is 0.865 bits per heavy atom. The molecule has 0 bridgehead atoms. The maximum atomic E-state index is 6.56. The van der Waals surface area contributed by atoms with E-state index in [1.54, 1.807) is 18.2 Å². The Kier molecular flexibility index (Phi) is 10.6. The molecule has 0 radical (unpaired) electrons. The number of ether oxygens (including phenoxy) is 1. The summed E-state index contributed by atoms with van der Waals surface area (Å²) in [5.74, 6) is 0. The van der Waals surface area contributed by atoms with Gasteiger partial charge >= 0.3 is 0 Å². The minimum atomic E-state index is -0.312. The average Bonchev–Trinajstić information content (AvgIpc) is 3.24. The molecule has 1 atom stereocenters. The molecule has 0 saturated heterocycles. The molecule has 0 aliphatic carbocycles. The third kappa shape index (κ3) is 8.23. The maximum Gasteiger partial charge on any atom is 0.244 e. The summed E-state index contributed by atoms with van der Waals surface area (Å²) in [4.78, 5) is 0. The third-order valence-electron chi connectivity index (χ3n) is 6.07. The summed E-state index contributed by atoms with van der Waals surface area (Å²) >= 11 is 25.1. The van der Waals surface area contributed by atoms with Gasteiger partial charge in [-0.25, -0.2) is 9.13 Å². The average molecular weight is 643 g/mol. The van der Waals surface area contributed by atoms with Gasteiger partial charge in [0.05, 0.1) is 6.61 Å². The van der Waals surface area contributed by atoms with Gasteiger partial charge in [-0.3, -0.25) is 0 Å². The van der Waals surface area contributed by atoms with Crippen molar-refractivity contribution >= 4 is 46.4 Å². The van der Waals surface area contributed by atoms with Crippen LogP contribution >= 0.6 is 46.4 Å². The molecule has 0 amide bonds. The van der Waals surface area contributed by atoms with Crippen LogP contribution in [0.2, 0.25) is 20.1 Å². The highest BCUT2D eigenvalue weighted by atomic mass is 79.9. The van der Waals surface area contributed by atoms with Crippen molar-refractivity contribution in [3.63, 3.8) is 0 Å². The highest BCUT2D eigenvalue weighted by molar-refractivity contribution is 6.35. The molecule has 0 aliphatic rings. The Bertz CT molecular complexity index is 1330. The van der Waals surface area contributed by atoms with E-state index < -0.39 is 0 Å². The van der Waals surface area contributed by atoms with Gasteiger partial charge in [0.15, 0.2) is 0 Å². The lowest BCUT2D eigenvalue weighted by Gasteiger charge is -2.19. The molecule has 1 heterocycles. The first-order chi connectivity index (χ1) is 17.1. The lowest BCUT2D eigenvalue weighted by molar-refractivity contribution is -0.687. The second-order valence-electron chi connectivity index (χ2n) is 9.93. The van der Waals surface area contributed by atoms with E-state index in [4.69, 9.17) is 51.1 Å². The number of rotatable bonds is 8. The van der Waals surface area contributed by atoms with Crippen molar-refractivity contribution in [2.24, 2.45) is 0 Å². The Balaban J connectivity index is 0.00000380. The van der Waals surface area contributed by atoms with Crippen molar-refractivity contribution in [2.45, 2.75) is 52.0 Å². The summed E-state index contributed by atoms with van der Waals surface area (Å²) < 4.78 is 10.6. The largest absolute Gasteiger partial charge is 1.00 e. The predicted molar refractivity (Wildman–Crippen MR) is 149 cm³/mol. The van der Waals surface area contributed by atoms with E-state index in [0.717, 1.165) is 17.7 Å². The molecule has 0 N–H and O–H groups in total. The molecule has 3 aromatic carbocycles. The Morgan fingerprint density at radius 2 is 1.51 bits per heavy atom. The van der Waals surface area contributed by atoms with Crippen LogP contribution < -0.4 is 21.5 Å². The van der Waals surface area contributed by atoms with Crippen LogP contribution in [-0.2, 0) is 29.8 Å². The number of aromatic nitrogens is 2. The van der Waals surface area contributed by atoms with E-state index in [0.29, 0.717) is 33.2 Å². The first-order valence-corrected chi connectivity index (χ1v) is 13.2. The molecule has 0 fully saturated rings. The van der Waals surface area contributed by atoms with Crippen LogP contribution in [0.5, 0.6) is 0 Å². The lowest BCUT2D eigenvalue weighted by Crippen LogP contribution is -3.00. The molecule has 1 unspecified atom stereocenters. The Hall–Kier alpha value is -1.53. The minimum absolute atomic E-state index is 0. The van der Waals surface area contributed by atoms with Gasteiger partial charge < -0.3 is 21.7 Å². The van der Waals surface area contributed by atoms with E-state index in [1.807, 2.05) is 24.4 Å². The minimum Gasteiger partial charge on any atom is -1.00 e. The molecule has 0 spiro atoms. The Labute approximate surface area is 249 Å². The number of nitrogens with zero attached hydrogens (tertiary/aromatic N) is 2. The summed E-state index contributed by atoms with van der Waals surface area (Å²) in [6.45, 7) is 8.35. The third-order valence-corrected chi connectivity index (χ3v) is 7.22. The number of benzene rings is 3. The zero-order valence-corrected chi connectivity index (χ0v) is 25.5. The van der Waals surface area contributed by atoms with Crippen LogP contribution in [-0.4, -0.2) is 4.57 Å². The van der Waals surface area contributed by atoms with E-state index >= 15 is 0 Å². The van der Waals surface area contributed by atoms with Crippen molar-refractivity contribution in [2.75, 3.05) is 0 Å². The first-order valence-electron chi connectivity index (χ1n) is 11.7. The lowest BCUT2D eigenvalue weighted by atomic mass is 9.87. The van der Waals surface area contributed by atoms with E-state index in [1.165, 1.54) is 11.1 Å². The number of hydrogen-bond acceptors (Lipinski definition) is 1. The predicted octanol–water partition coefficient (Wildman–Crippen LogP) is 5.70. The summed E-state index contributed by atoms with van der Waals surface area (Å²) in [6, 6.07) is 19.7. The van der Waals surface area contributed by atoms with Crippen molar-refractivity contribution in [1.82, 2.24) is 4.57 Å². The topological polar surface area (TPSA) is 18.0 Å². The van der Waals surface area contributed by atoms with Crippen molar-refractivity contribution in [3.05, 3.63) is 122 Å². The van der Waals surface area contributed by atoms with Gasteiger partial charge in [-0.05, 0) is 46.4 Å². The molecular weight excluding hydrogens is 614 g/mol. The Morgan fingerprint density at radius 3 is 2.14 bits per heavy atom. The van der Waals surface area contributed by atoms with Crippen LogP contribution in [0.4, 0.5) is 0 Å². The molecular formula is C29H29BrCl4N2O. The molecule has 8 heteroatoms. The van der Waals surface area contributed by atoms with Crippen LogP contribution in [0.25, 0.3) is 0 Å². The fourth-order valence-electron chi connectivity index (χ4n) is 3.99. The number of hydrogen-bond donors (Lipinski definition) is 0. The van der Waals surface area contributed by atoms with Crippen molar-refractivity contribution in [1.29, 1.82) is 0 Å². The second-order valence-corrected chi connectivity index (χ2v) is 11.6. The van der Waals surface area contributed by atoms with Crippen LogP contribution in [0.1, 0.15) is 49.1 Å². The zero-order valence-electron chi connectivity index (χ0n) is 20.9. The van der Waals surface area contributed by atoms with E-state index in [-0.39, 0.29) is 28.5 Å². The smallest absolute Gasteiger partial charge is 0.244 e. The van der Waals surface area contributed by atoms with Gasteiger partial charge in [-0.1, -0.05) is 104 Å².